The van der Waals surface area contributed by atoms with Gasteiger partial charge in [-0.05, 0) is 18.2 Å². The lowest BCUT2D eigenvalue weighted by Crippen LogP contribution is -2.03. The first-order valence-corrected chi connectivity index (χ1v) is 6.81. The second-order valence-corrected chi connectivity index (χ2v) is 5.36. The minimum absolute atomic E-state index is 0.323. The molecule has 92 valence electrons. The van der Waals surface area contributed by atoms with Crippen molar-refractivity contribution in [3.8, 4) is 11.3 Å². The van der Waals surface area contributed by atoms with Crippen LogP contribution >= 0.6 is 34.5 Å². The fourth-order valence-electron chi connectivity index (χ4n) is 1.79. The Morgan fingerprint density at radius 3 is 2.89 bits per heavy atom. The molecule has 0 radical (unpaired) electrons. The average Bonchev–Trinajstić information content (AvgIpc) is 2.93. The molecule has 0 saturated heterocycles. The SMILES string of the molecule is NCc1nnc2scc(-c3cc(Cl)ccc3Cl)n12. The number of nitrogens with zero attached hydrogens (tertiary/aromatic N) is 3. The smallest absolute Gasteiger partial charge is 0.216 e. The zero-order valence-corrected chi connectivity index (χ0v) is 11.4. The van der Waals surface area contributed by atoms with Gasteiger partial charge in [0.2, 0.25) is 4.96 Å². The van der Waals surface area contributed by atoms with E-state index >= 15 is 0 Å². The average molecular weight is 299 g/mol. The molecule has 0 atom stereocenters. The molecular weight excluding hydrogens is 291 g/mol. The molecule has 2 aromatic heterocycles. The van der Waals surface area contributed by atoms with E-state index in [0.29, 0.717) is 22.4 Å². The molecule has 0 amide bonds. The van der Waals surface area contributed by atoms with E-state index in [1.165, 1.54) is 11.3 Å². The van der Waals surface area contributed by atoms with Crippen molar-refractivity contribution >= 4 is 39.5 Å². The highest BCUT2D eigenvalue weighted by Gasteiger charge is 2.14. The van der Waals surface area contributed by atoms with E-state index in [2.05, 4.69) is 10.2 Å². The summed E-state index contributed by atoms with van der Waals surface area (Å²) in [6, 6.07) is 5.35. The second kappa shape index (κ2) is 4.51. The molecule has 2 N–H and O–H groups in total. The first kappa shape index (κ1) is 11.9. The van der Waals surface area contributed by atoms with Crippen molar-refractivity contribution in [3.05, 3.63) is 39.4 Å². The highest BCUT2D eigenvalue weighted by atomic mass is 35.5. The Morgan fingerprint density at radius 2 is 2.11 bits per heavy atom. The van der Waals surface area contributed by atoms with Crippen LogP contribution in [0.4, 0.5) is 0 Å². The van der Waals surface area contributed by atoms with Crippen molar-refractivity contribution in [3.63, 3.8) is 0 Å². The summed E-state index contributed by atoms with van der Waals surface area (Å²) in [4.78, 5) is 0.793. The molecule has 0 bridgehead atoms. The summed E-state index contributed by atoms with van der Waals surface area (Å²) in [5.41, 5.74) is 7.42. The molecule has 3 aromatic rings. The van der Waals surface area contributed by atoms with Gasteiger partial charge in [-0.25, -0.2) is 0 Å². The van der Waals surface area contributed by atoms with E-state index in [-0.39, 0.29) is 0 Å². The summed E-state index contributed by atoms with van der Waals surface area (Å²) < 4.78 is 1.90. The van der Waals surface area contributed by atoms with E-state index in [4.69, 9.17) is 28.9 Å². The minimum atomic E-state index is 0.323. The van der Waals surface area contributed by atoms with Crippen LogP contribution in [0, 0.1) is 0 Å². The van der Waals surface area contributed by atoms with Crippen LogP contribution in [0.3, 0.4) is 0 Å². The van der Waals surface area contributed by atoms with E-state index < -0.39 is 0 Å². The Morgan fingerprint density at radius 1 is 1.28 bits per heavy atom. The fourth-order valence-corrected chi connectivity index (χ4v) is 3.02. The van der Waals surface area contributed by atoms with Gasteiger partial charge in [0.05, 0.1) is 17.3 Å². The largest absolute Gasteiger partial charge is 0.324 e. The molecule has 0 fully saturated rings. The molecule has 0 aliphatic carbocycles. The lowest BCUT2D eigenvalue weighted by molar-refractivity contribution is 0.887. The maximum absolute atomic E-state index is 6.21. The second-order valence-electron chi connectivity index (χ2n) is 3.68. The number of thiazole rings is 1. The topological polar surface area (TPSA) is 56.2 Å². The summed E-state index contributed by atoms with van der Waals surface area (Å²) in [7, 11) is 0. The predicted molar refractivity (Wildman–Crippen MR) is 74.2 cm³/mol. The predicted octanol–water partition coefficient (Wildman–Crippen LogP) is 3.22. The summed E-state index contributed by atoms with van der Waals surface area (Å²) >= 11 is 13.7. The zero-order valence-electron chi connectivity index (χ0n) is 9.10. The molecular formula is C11H8Cl2N4S. The number of nitrogens with two attached hydrogens (primary N) is 1. The highest BCUT2D eigenvalue weighted by Crippen LogP contribution is 2.33. The van der Waals surface area contributed by atoms with Gasteiger partial charge in [-0.1, -0.05) is 23.2 Å². The number of benzene rings is 1. The summed E-state index contributed by atoms with van der Waals surface area (Å²) in [6.45, 7) is 0.323. The number of fused-ring (bicyclic) bond motifs is 1. The molecule has 0 aliphatic heterocycles. The van der Waals surface area contributed by atoms with Gasteiger partial charge in [-0.15, -0.1) is 21.5 Å². The first-order valence-electron chi connectivity index (χ1n) is 5.17. The molecule has 0 saturated carbocycles. The summed E-state index contributed by atoms with van der Waals surface area (Å²) in [5.74, 6) is 0.706. The van der Waals surface area contributed by atoms with Crippen LogP contribution in [0.25, 0.3) is 16.2 Å². The molecule has 0 unspecified atom stereocenters. The number of aromatic nitrogens is 3. The third kappa shape index (κ3) is 1.80. The summed E-state index contributed by atoms with van der Waals surface area (Å²) in [6.07, 6.45) is 0. The molecule has 4 nitrogen and oxygen atoms in total. The molecule has 18 heavy (non-hydrogen) atoms. The van der Waals surface area contributed by atoms with Gasteiger partial charge in [0, 0.05) is 16.0 Å². The molecule has 3 rings (SSSR count). The van der Waals surface area contributed by atoms with E-state index in [1.54, 1.807) is 12.1 Å². The maximum Gasteiger partial charge on any atom is 0.216 e. The molecule has 0 spiro atoms. The number of hydrogen-bond donors (Lipinski definition) is 1. The van der Waals surface area contributed by atoms with Crippen molar-refractivity contribution in [1.82, 2.24) is 14.6 Å². The van der Waals surface area contributed by atoms with Crippen LogP contribution in [0.15, 0.2) is 23.6 Å². The van der Waals surface area contributed by atoms with Crippen molar-refractivity contribution in [2.24, 2.45) is 5.73 Å². The van der Waals surface area contributed by atoms with E-state index in [1.807, 2.05) is 15.8 Å². The Bertz CT molecular complexity index is 719. The normalized spacial score (nSPS) is 11.3. The van der Waals surface area contributed by atoms with Crippen LogP contribution in [0.2, 0.25) is 10.0 Å². The molecule has 7 heteroatoms. The third-order valence-corrected chi connectivity index (χ3v) is 3.99. The zero-order chi connectivity index (χ0) is 12.7. The maximum atomic E-state index is 6.21. The lowest BCUT2D eigenvalue weighted by atomic mass is 10.2. The van der Waals surface area contributed by atoms with Crippen LogP contribution in [0.5, 0.6) is 0 Å². The van der Waals surface area contributed by atoms with Gasteiger partial charge < -0.3 is 5.73 Å². The van der Waals surface area contributed by atoms with Crippen molar-refractivity contribution in [2.45, 2.75) is 6.54 Å². The van der Waals surface area contributed by atoms with E-state index in [9.17, 15) is 0 Å². The van der Waals surface area contributed by atoms with Gasteiger partial charge in [-0.3, -0.25) is 4.40 Å². The first-order chi connectivity index (χ1) is 8.70. The van der Waals surface area contributed by atoms with Crippen molar-refractivity contribution in [1.29, 1.82) is 0 Å². The quantitative estimate of drug-likeness (QED) is 0.790. The minimum Gasteiger partial charge on any atom is -0.324 e. The molecule has 0 aliphatic rings. The Kier molecular flexibility index (Phi) is 2.99. The Balaban J connectivity index is 2.30. The molecule has 1 aromatic carbocycles. The van der Waals surface area contributed by atoms with Gasteiger partial charge in [0.1, 0.15) is 0 Å². The molecule has 2 heterocycles. The third-order valence-electron chi connectivity index (χ3n) is 2.60. The standard InChI is InChI=1S/C11H8Cl2N4S/c12-6-1-2-8(13)7(3-6)9-5-18-11-16-15-10(4-14)17(9)11/h1-3,5H,4,14H2. The van der Waals surface area contributed by atoms with Gasteiger partial charge >= 0.3 is 0 Å². The van der Waals surface area contributed by atoms with Crippen LogP contribution in [0.1, 0.15) is 5.82 Å². The number of rotatable bonds is 2. The highest BCUT2D eigenvalue weighted by molar-refractivity contribution is 7.15. The Hall–Kier alpha value is -1.14. The van der Waals surface area contributed by atoms with Gasteiger partial charge in [-0.2, -0.15) is 0 Å². The van der Waals surface area contributed by atoms with Crippen molar-refractivity contribution < 1.29 is 0 Å². The van der Waals surface area contributed by atoms with Crippen LogP contribution in [-0.2, 0) is 6.54 Å². The van der Waals surface area contributed by atoms with Crippen LogP contribution in [-0.4, -0.2) is 14.6 Å². The fraction of sp³-hybridized carbons (Fsp3) is 0.0909. The monoisotopic (exact) mass is 298 g/mol. The lowest BCUT2D eigenvalue weighted by Gasteiger charge is -2.05. The number of hydrogen-bond acceptors (Lipinski definition) is 4. The van der Waals surface area contributed by atoms with Crippen molar-refractivity contribution in [2.75, 3.05) is 0 Å². The van der Waals surface area contributed by atoms with Gasteiger partial charge in [0.15, 0.2) is 5.82 Å². The Labute approximate surface area is 117 Å². The number of halogens is 2. The van der Waals surface area contributed by atoms with E-state index in [0.717, 1.165) is 16.2 Å². The van der Waals surface area contributed by atoms with Crippen LogP contribution < -0.4 is 5.73 Å². The summed E-state index contributed by atoms with van der Waals surface area (Å²) in [5, 5.41) is 11.3. The van der Waals surface area contributed by atoms with Gasteiger partial charge in [0.25, 0.3) is 0 Å².